The van der Waals surface area contributed by atoms with Crippen LogP contribution in [0.25, 0.3) is 0 Å². The van der Waals surface area contributed by atoms with Crippen LogP contribution in [-0.4, -0.2) is 60.0 Å². The van der Waals surface area contributed by atoms with Gasteiger partial charge in [0.25, 0.3) is 5.91 Å². The van der Waals surface area contributed by atoms with E-state index in [0.717, 1.165) is 56.1 Å². The summed E-state index contributed by atoms with van der Waals surface area (Å²) < 4.78 is 16.5. The maximum atomic E-state index is 12.5. The summed E-state index contributed by atoms with van der Waals surface area (Å²) >= 11 is 0. The quantitative estimate of drug-likeness (QED) is 0.533. The first-order valence-electron chi connectivity index (χ1n) is 10.9. The van der Waals surface area contributed by atoms with E-state index < -0.39 is 0 Å². The molecule has 1 aliphatic heterocycles. The number of quaternary nitrogens is 2. The summed E-state index contributed by atoms with van der Waals surface area (Å²) in [7, 11) is 4.91. The van der Waals surface area contributed by atoms with E-state index in [1.165, 1.54) is 15.4 Å². The molecule has 3 N–H and O–H groups in total. The highest BCUT2D eigenvalue weighted by molar-refractivity contribution is 5.91. The molecule has 0 spiro atoms. The average molecular weight is 430 g/mol. The second kappa shape index (κ2) is 11.0. The third-order valence-corrected chi connectivity index (χ3v) is 5.92. The Balaban J connectivity index is 1.52. The number of carbonyl (C=O) groups is 1. The highest BCUT2D eigenvalue weighted by Crippen LogP contribution is 2.39. The number of methoxy groups -OCH3 is 3. The first-order valence-corrected chi connectivity index (χ1v) is 10.9. The third kappa shape index (κ3) is 5.89. The number of carbonyl (C=O) groups excluding carboxylic acids is 1. The van der Waals surface area contributed by atoms with Crippen LogP contribution >= 0.6 is 0 Å². The predicted molar refractivity (Wildman–Crippen MR) is 121 cm³/mol. The van der Waals surface area contributed by atoms with Gasteiger partial charge in [-0.3, -0.25) is 4.79 Å². The van der Waals surface area contributed by atoms with Gasteiger partial charge in [-0.1, -0.05) is 19.1 Å². The molecule has 2 aromatic carbocycles. The zero-order valence-electron chi connectivity index (χ0n) is 19.0. The summed E-state index contributed by atoms with van der Waals surface area (Å²) in [5.41, 5.74) is 3.22. The average Bonchev–Trinajstić information content (AvgIpc) is 2.79. The van der Waals surface area contributed by atoms with Gasteiger partial charge in [0.05, 0.1) is 26.9 Å². The van der Waals surface area contributed by atoms with E-state index in [1.807, 2.05) is 30.3 Å². The maximum Gasteiger partial charge on any atom is 0.279 e. The molecule has 31 heavy (non-hydrogen) atoms. The van der Waals surface area contributed by atoms with Crippen molar-refractivity contribution in [2.45, 2.75) is 19.9 Å². The molecule has 0 radical (unpaired) electrons. The van der Waals surface area contributed by atoms with Crippen molar-refractivity contribution in [3.05, 3.63) is 47.5 Å². The van der Waals surface area contributed by atoms with Crippen molar-refractivity contribution in [2.24, 2.45) is 0 Å². The summed E-state index contributed by atoms with van der Waals surface area (Å²) in [6.07, 6.45) is 0.963. The Bertz CT molecular complexity index is 879. The molecule has 1 amide bonds. The fourth-order valence-corrected chi connectivity index (χ4v) is 4.18. The molecule has 3 rings (SSSR count). The van der Waals surface area contributed by atoms with E-state index >= 15 is 0 Å². The SMILES string of the molecule is CCc1cccc(NC(=O)C[NH+]2CC[NH+](Cc3ccc(OC)c(OC)c3OC)CC2)c1. The monoisotopic (exact) mass is 429 g/mol. The fraction of sp³-hybridized carbons (Fsp3) is 0.458. The molecule has 7 heteroatoms. The van der Waals surface area contributed by atoms with Gasteiger partial charge in [0.1, 0.15) is 32.7 Å². The molecule has 168 valence electrons. The van der Waals surface area contributed by atoms with Crippen LogP contribution in [0.2, 0.25) is 0 Å². The minimum atomic E-state index is 0.0771. The molecule has 1 saturated heterocycles. The maximum absolute atomic E-state index is 12.5. The first-order chi connectivity index (χ1) is 15.1. The molecule has 0 aromatic heterocycles. The Morgan fingerprint density at radius 2 is 1.65 bits per heavy atom. The number of ether oxygens (including phenoxy) is 3. The van der Waals surface area contributed by atoms with E-state index in [1.54, 1.807) is 21.3 Å². The van der Waals surface area contributed by atoms with Gasteiger partial charge in [-0.2, -0.15) is 0 Å². The van der Waals surface area contributed by atoms with Crippen LogP contribution in [0.1, 0.15) is 18.1 Å². The van der Waals surface area contributed by atoms with Crippen molar-refractivity contribution in [3.63, 3.8) is 0 Å². The summed E-state index contributed by atoms with van der Waals surface area (Å²) in [4.78, 5) is 15.3. The van der Waals surface area contributed by atoms with Gasteiger partial charge in [-0.15, -0.1) is 0 Å². The topological polar surface area (TPSA) is 65.7 Å². The van der Waals surface area contributed by atoms with Crippen molar-refractivity contribution in [3.8, 4) is 17.2 Å². The van der Waals surface area contributed by atoms with Crippen LogP contribution < -0.4 is 29.3 Å². The number of hydrogen-bond donors (Lipinski definition) is 3. The number of nitrogens with one attached hydrogen (secondary N) is 3. The lowest BCUT2D eigenvalue weighted by atomic mass is 10.1. The van der Waals surface area contributed by atoms with Gasteiger partial charge >= 0.3 is 0 Å². The smallest absolute Gasteiger partial charge is 0.279 e. The molecule has 0 saturated carbocycles. The van der Waals surface area contributed by atoms with Crippen LogP contribution in [-0.2, 0) is 17.8 Å². The highest BCUT2D eigenvalue weighted by atomic mass is 16.5. The number of benzene rings is 2. The fourth-order valence-electron chi connectivity index (χ4n) is 4.18. The van der Waals surface area contributed by atoms with Crippen LogP contribution in [0.3, 0.4) is 0 Å². The molecule has 0 atom stereocenters. The Kier molecular flexibility index (Phi) is 8.14. The van der Waals surface area contributed by atoms with Crippen molar-refractivity contribution >= 4 is 11.6 Å². The second-order valence-electron chi connectivity index (χ2n) is 7.95. The Morgan fingerprint density at radius 3 is 2.29 bits per heavy atom. The van der Waals surface area contributed by atoms with Gasteiger partial charge < -0.3 is 29.3 Å². The molecular formula is C24H35N3O4+2. The Hall–Kier alpha value is -2.77. The lowest BCUT2D eigenvalue weighted by molar-refractivity contribution is -1.02. The lowest BCUT2D eigenvalue weighted by Gasteiger charge is -2.30. The van der Waals surface area contributed by atoms with Gasteiger partial charge in [0.2, 0.25) is 5.75 Å². The Labute approximate surface area is 184 Å². The molecule has 2 aromatic rings. The van der Waals surface area contributed by atoms with Crippen molar-refractivity contribution in [1.82, 2.24) is 0 Å². The van der Waals surface area contributed by atoms with E-state index in [2.05, 4.69) is 18.3 Å². The summed E-state index contributed by atoms with van der Waals surface area (Å²) in [6, 6.07) is 12.0. The summed E-state index contributed by atoms with van der Waals surface area (Å²) in [5, 5.41) is 3.04. The van der Waals surface area contributed by atoms with Gasteiger partial charge in [-0.05, 0) is 36.2 Å². The zero-order valence-corrected chi connectivity index (χ0v) is 19.0. The molecule has 1 fully saturated rings. The van der Waals surface area contributed by atoms with Crippen LogP contribution in [0.4, 0.5) is 5.69 Å². The number of piperazine rings is 1. The minimum absolute atomic E-state index is 0.0771. The number of rotatable bonds is 9. The molecule has 0 bridgehead atoms. The molecule has 7 nitrogen and oxygen atoms in total. The van der Waals surface area contributed by atoms with Crippen LogP contribution in [0.15, 0.2) is 36.4 Å². The number of anilines is 1. The first kappa shape index (κ1) is 22.9. The normalized spacial score (nSPS) is 18.3. The van der Waals surface area contributed by atoms with Gasteiger partial charge in [0.15, 0.2) is 18.0 Å². The molecule has 0 aliphatic carbocycles. The molecule has 1 heterocycles. The molecule has 1 aliphatic rings. The standard InChI is InChI=1S/C24H33N3O4/c1-5-18-7-6-8-20(15-18)25-22(28)17-27-13-11-26(12-14-27)16-19-9-10-21(29-2)24(31-4)23(19)30-3/h6-10,15H,5,11-14,16-17H2,1-4H3,(H,25,28)/p+2. The number of amides is 1. The van der Waals surface area contributed by atoms with Crippen LogP contribution in [0.5, 0.6) is 17.2 Å². The van der Waals surface area contributed by atoms with E-state index in [0.29, 0.717) is 18.0 Å². The van der Waals surface area contributed by atoms with Crippen molar-refractivity contribution < 1.29 is 28.8 Å². The van der Waals surface area contributed by atoms with Crippen molar-refractivity contribution in [1.29, 1.82) is 0 Å². The Morgan fingerprint density at radius 1 is 0.935 bits per heavy atom. The number of aryl methyl sites for hydroxylation is 1. The van der Waals surface area contributed by atoms with Crippen LogP contribution in [0, 0.1) is 0 Å². The molecule has 0 unspecified atom stereocenters. The summed E-state index contributed by atoms with van der Waals surface area (Å²) in [6.45, 7) is 7.41. The van der Waals surface area contributed by atoms with E-state index in [9.17, 15) is 4.79 Å². The van der Waals surface area contributed by atoms with E-state index in [-0.39, 0.29) is 5.91 Å². The minimum Gasteiger partial charge on any atom is -0.493 e. The molecular weight excluding hydrogens is 394 g/mol. The van der Waals surface area contributed by atoms with Gasteiger partial charge in [-0.25, -0.2) is 0 Å². The third-order valence-electron chi connectivity index (χ3n) is 5.92. The number of hydrogen-bond acceptors (Lipinski definition) is 4. The highest BCUT2D eigenvalue weighted by Gasteiger charge is 2.27. The lowest BCUT2D eigenvalue weighted by Crippen LogP contribution is -3.28. The predicted octanol–water partition coefficient (Wildman–Crippen LogP) is 0.197. The van der Waals surface area contributed by atoms with Gasteiger partial charge in [0, 0.05) is 5.69 Å². The second-order valence-corrected chi connectivity index (χ2v) is 7.95. The summed E-state index contributed by atoms with van der Waals surface area (Å²) in [5.74, 6) is 2.11. The van der Waals surface area contributed by atoms with E-state index in [4.69, 9.17) is 14.2 Å². The zero-order chi connectivity index (χ0) is 22.2. The largest absolute Gasteiger partial charge is 0.493 e. The van der Waals surface area contributed by atoms with Crippen molar-refractivity contribution in [2.75, 3.05) is 59.4 Å².